The van der Waals surface area contributed by atoms with Crippen LogP contribution in [-0.4, -0.2) is 50.5 Å². The Balaban J connectivity index is 1.83. The van der Waals surface area contributed by atoms with E-state index in [9.17, 15) is 8.42 Å². The Bertz CT molecular complexity index is 1130. The molecular formula is C22H26ClN3O2S. The highest BCUT2D eigenvalue weighted by molar-refractivity contribution is 7.90. The van der Waals surface area contributed by atoms with Crippen molar-refractivity contribution in [2.45, 2.75) is 24.7 Å². The summed E-state index contributed by atoms with van der Waals surface area (Å²) in [6.07, 6.45) is 1.75. The third kappa shape index (κ3) is 3.77. The fourth-order valence-corrected chi connectivity index (χ4v) is 5.31. The Morgan fingerprint density at radius 3 is 2.24 bits per heavy atom. The second-order valence-corrected chi connectivity index (χ2v) is 10.2. The van der Waals surface area contributed by atoms with E-state index in [0.29, 0.717) is 16.5 Å². The molecule has 29 heavy (non-hydrogen) atoms. The minimum absolute atomic E-state index is 0.281. The summed E-state index contributed by atoms with van der Waals surface area (Å²) >= 11 is 6.23. The van der Waals surface area contributed by atoms with Crippen LogP contribution in [0.3, 0.4) is 0 Å². The average Bonchev–Trinajstić information content (AvgIpc) is 3.08. The van der Waals surface area contributed by atoms with E-state index in [1.807, 2.05) is 24.3 Å². The van der Waals surface area contributed by atoms with E-state index >= 15 is 0 Å². The molecule has 1 saturated heterocycles. The lowest BCUT2D eigenvalue weighted by Gasteiger charge is -2.33. The molecule has 3 aromatic rings. The van der Waals surface area contributed by atoms with Crippen molar-refractivity contribution in [2.75, 3.05) is 38.1 Å². The molecule has 0 radical (unpaired) electrons. The number of anilines is 1. The van der Waals surface area contributed by atoms with E-state index in [1.165, 1.54) is 3.97 Å². The van der Waals surface area contributed by atoms with Crippen LogP contribution in [0.4, 0.5) is 5.69 Å². The molecule has 1 aromatic heterocycles. The van der Waals surface area contributed by atoms with E-state index < -0.39 is 10.0 Å². The molecule has 1 aliphatic heterocycles. The van der Waals surface area contributed by atoms with Gasteiger partial charge in [0.15, 0.2) is 0 Å². The first-order valence-electron chi connectivity index (χ1n) is 9.87. The molecule has 0 saturated carbocycles. The van der Waals surface area contributed by atoms with Gasteiger partial charge in [0.2, 0.25) is 0 Å². The highest BCUT2D eigenvalue weighted by Gasteiger charge is 2.25. The average molecular weight is 432 g/mol. The van der Waals surface area contributed by atoms with Crippen LogP contribution in [-0.2, 0) is 10.0 Å². The van der Waals surface area contributed by atoms with Gasteiger partial charge in [-0.15, -0.1) is 0 Å². The van der Waals surface area contributed by atoms with E-state index in [-0.39, 0.29) is 4.90 Å². The van der Waals surface area contributed by atoms with Gasteiger partial charge in [-0.1, -0.05) is 37.6 Å². The van der Waals surface area contributed by atoms with Crippen LogP contribution in [0.15, 0.2) is 53.6 Å². The third-order valence-electron chi connectivity index (χ3n) is 5.66. The molecule has 4 rings (SSSR count). The molecule has 1 aliphatic rings. The zero-order valence-corrected chi connectivity index (χ0v) is 18.5. The first kappa shape index (κ1) is 20.3. The number of nitrogens with zero attached hydrogens (tertiary/aromatic N) is 3. The molecule has 0 aliphatic carbocycles. The second kappa shape index (κ2) is 7.67. The van der Waals surface area contributed by atoms with Gasteiger partial charge < -0.3 is 9.80 Å². The number of rotatable bonds is 4. The molecule has 154 valence electrons. The van der Waals surface area contributed by atoms with E-state index in [2.05, 4.69) is 30.7 Å². The van der Waals surface area contributed by atoms with Gasteiger partial charge in [0.05, 0.1) is 16.1 Å². The number of aromatic nitrogens is 1. The molecular weight excluding hydrogens is 406 g/mol. The number of fused-ring (bicyclic) bond motifs is 1. The maximum atomic E-state index is 13.5. The van der Waals surface area contributed by atoms with Gasteiger partial charge in [-0.3, -0.25) is 0 Å². The van der Waals surface area contributed by atoms with Crippen LogP contribution in [0, 0.1) is 0 Å². The quantitative estimate of drug-likeness (QED) is 0.614. The lowest BCUT2D eigenvalue weighted by molar-refractivity contribution is 0.313. The maximum absolute atomic E-state index is 13.5. The van der Waals surface area contributed by atoms with Crippen LogP contribution >= 0.6 is 11.6 Å². The SMILES string of the molecule is CC(C)c1ccc(S(=O)(=O)n2cc(N3CCN(C)CC3)c3ccc(Cl)cc32)cc1. The number of benzene rings is 2. The molecule has 0 amide bonds. The van der Waals surface area contributed by atoms with Crippen LogP contribution in [0.25, 0.3) is 10.9 Å². The van der Waals surface area contributed by atoms with Gasteiger partial charge in [0.1, 0.15) is 0 Å². The summed E-state index contributed by atoms with van der Waals surface area (Å²) in [6.45, 7) is 7.80. The van der Waals surface area contributed by atoms with Crippen molar-refractivity contribution in [2.24, 2.45) is 0 Å². The number of halogens is 1. The van der Waals surface area contributed by atoms with Crippen molar-refractivity contribution < 1.29 is 8.42 Å². The predicted molar refractivity (Wildman–Crippen MR) is 120 cm³/mol. The van der Waals surface area contributed by atoms with Crippen molar-refractivity contribution in [1.29, 1.82) is 0 Å². The number of hydrogen-bond donors (Lipinski definition) is 0. The molecule has 7 heteroatoms. The Morgan fingerprint density at radius 2 is 1.62 bits per heavy atom. The lowest BCUT2D eigenvalue weighted by atomic mass is 10.0. The van der Waals surface area contributed by atoms with Crippen molar-refractivity contribution >= 4 is 38.2 Å². The van der Waals surface area contributed by atoms with E-state index in [0.717, 1.165) is 42.8 Å². The van der Waals surface area contributed by atoms with E-state index in [1.54, 1.807) is 24.4 Å². The number of likely N-dealkylation sites (N-methyl/N-ethyl adjacent to an activating group) is 1. The molecule has 0 unspecified atom stereocenters. The monoisotopic (exact) mass is 431 g/mol. The normalized spacial score (nSPS) is 16.1. The first-order chi connectivity index (χ1) is 13.8. The molecule has 0 atom stereocenters. The van der Waals surface area contributed by atoms with Gasteiger partial charge in [0, 0.05) is 42.8 Å². The predicted octanol–water partition coefficient (Wildman–Crippen LogP) is 4.41. The summed E-state index contributed by atoms with van der Waals surface area (Å²) in [7, 11) is -1.63. The Kier molecular flexibility index (Phi) is 5.36. The fourth-order valence-electron chi connectivity index (χ4n) is 3.79. The summed E-state index contributed by atoms with van der Waals surface area (Å²) in [4.78, 5) is 4.81. The van der Waals surface area contributed by atoms with Gasteiger partial charge in [-0.2, -0.15) is 0 Å². The van der Waals surface area contributed by atoms with Crippen molar-refractivity contribution in [3.63, 3.8) is 0 Å². The smallest absolute Gasteiger partial charge is 0.268 e. The molecule has 0 bridgehead atoms. The molecule has 2 aromatic carbocycles. The highest BCUT2D eigenvalue weighted by Crippen LogP contribution is 2.34. The fraction of sp³-hybridized carbons (Fsp3) is 0.364. The topological polar surface area (TPSA) is 45.6 Å². The van der Waals surface area contributed by atoms with Gasteiger partial charge >= 0.3 is 0 Å². The minimum atomic E-state index is -3.73. The zero-order valence-electron chi connectivity index (χ0n) is 17.0. The summed E-state index contributed by atoms with van der Waals surface area (Å²) in [5.74, 6) is 0.349. The van der Waals surface area contributed by atoms with Crippen molar-refractivity contribution in [1.82, 2.24) is 8.87 Å². The first-order valence-corrected chi connectivity index (χ1v) is 11.7. The third-order valence-corrected chi connectivity index (χ3v) is 7.58. The minimum Gasteiger partial charge on any atom is -0.367 e. The Labute approximate surface area is 177 Å². The molecule has 0 N–H and O–H groups in total. The van der Waals surface area contributed by atoms with Crippen LogP contribution in [0.2, 0.25) is 5.02 Å². The molecule has 2 heterocycles. The standard InChI is InChI=1S/C22H26ClN3O2S/c1-16(2)17-4-7-19(8-5-17)29(27,28)26-15-22(25-12-10-24(3)11-13-25)20-9-6-18(23)14-21(20)26/h4-9,14-16H,10-13H2,1-3H3. The largest absolute Gasteiger partial charge is 0.367 e. The summed E-state index contributed by atoms with van der Waals surface area (Å²) in [6, 6.07) is 12.6. The summed E-state index contributed by atoms with van der Waals surface area (Å²) in [5, 5.41) is 1.42. The van der Waals surface area contributed by atoms with Gasteiger partial charge in [-0.05, 0) is 48.9 Å². The molecule has 0 spiro atoms. The lowest BCUT2D eigenvalue weighted by Crippen LogP contribution is -2.44. The van der Waals surface area contributed by atoms with Gasteiger partial charge in [0.25, 0.3) is 10.0 Å². The van der Waals surface area contributed by atoms with Crippen molar-refractivity contribution in [3.05, 3.63) is 59.2 Å². The Hall–Kier alpha value is -2.02. The van der Waals surface area contributed by atoms with Gasteiger partial charge in [-0.25, -0.2) is 12.4 Å². The maximum Gasteiger partial charge on any atom is 0.268 e. The molecule has 5 nitrogen and oxygen atoms in total. The van der Waals surface area contributed by atoms with Crippen LogP contribution in [0.5, 0.6) is 0 Å². The van der Waals surface area contributed by atoms with Crippen LogP contribution in [0.1, 0.15) is 25.3 Å². The zero-order chi connectivity index (χ0) is 20.8. The number of piperazine rings is 1. The summed E-state index contributed by atoms with van der Waals surface area (Å²) in [5.41, 5.74) is 2.66. The number of hydrogen-bond acceptors (Lipinski definition) is 4. The summed E-state index contributed by atoms with van der Waals surface area (Å²) < 4.78 is 28.3. The Morgan fingerprint density at radius 1 is 0.966 bits per heavy atom. The molecule has 1 fully saturated rings. The second-order valence-electron chi connectivity index (χ2n) is 7.99. The van der Waals surface area contributed by atoms with Crippen LogP contribution < -0.4 is 4.90 Å². The van der Waals surface area contributed by atoms with E-state index in [4.69, 9.17) is 11.6 Å². The highest BCUT2D eigenvalue weighted by atomic mass is 35.5. The van der Waals surface area contributed by atoms with Crippen molar-refractivity contribution in [3.8, 4) is 0 Å².